The van der Waals surface area contributed by atoms with E-state index in [2.05, 4.69) is 34.6 Å². The Balaban J connectivity index is 4.20. The highest BCUT2D eigenvalue weighted by Gasteiger charge is 2.19. The minimum absolute atomic E-state index is 0.0658. The first-order valence-corrected chi connectivity index (χ1v) is 22.8. The van der Waals surface area contributed by atoms with E-state index >= 15 is 0 Å². The Morgan fingerprint density at radius 3 is 1.10 bits per heavy atom. The second kappa shape index (κ2) is 39.1. The molecule has 1 unspecified atom stereocenters. The van der Waals surface area contributed by atoms with E-state index in [-0.39, 0.29) is 31.1 Å². The van der Waals surface area contributed by atoms with Gasteiger partial charge in [-0.25, -0.2) is 0 Å². The third-order valence-corrected chi connectivity index (χ3v) is 10.6. The third kappa shape index (κ3) is 38.1. The fourth-order valence-electron chi connectivity index (χ4n) is 6.72. The molecule has 0 radical (unpaired) electrons. The molecule has 6 nitrogen and oxygen atoms in total. The summed E-state index contributed by atoms with van der Waals surface area (Å²) >= 11 is 0. The van der Waals surface area contributed by atoms with Gasteiger partial charge in [0.05, 0.1) is 0 Å². The van der Waals surface area contributed by atoms with Gasteiger partial charge in [-0.05, 0) is 31.1 Å². The average molecular weight is 737 g/mol. The number of hydrogen-bond donors (Lipinski definition) is 0. The monoisotopic (exact) mass is 737 g/mol. The van der Waals surface area contributed by atoms with Crippen LogP contribution in [0, 0.1) is 11.8 Å². The van der Waals surface area contributed by atoms with Crippen LogP contribution in [0.15, 0.2) is 0 Å². The van der Waals surface area contributed by atoms with E-state index in [0.29, 0.717) is 19.3 Å². The molecule has 0 bridgehead atoms. The van der Waals surface area contributed by atoms with Crippen molar-refractivity contribution >= 4 is 17.9 Å². The largest absolute Gasteiger partial charge is 0.462 e. The summed E-state index contributed by atoms with van der Waals surface area (Å²) in [4.78, 5) is 37.5. The molecule has 0 aromatic heterocycles. The quantitative estimate of drug-likeness (QED) is 0.0354. The SMILES string of the molecule is CCCCCCCC(=O)OC[C@H](COC(=O)CCCCCCCCCCCCC(C)CC)OC(=O)CCCCCCCCCCCCCCC(C)C. The van der Waals surface area contributed by atoms with E-state index in [9.17, 15) is 14.4 Å². The summed E-state index contributed by atoms with van der Waals surface area (Å²) in [5.74, 6) is 0.831. The molecule has 0 aromatic carbocycles. The van der Waals surface area contributed by atoms with Crippen molar-refractivity contribution in [1.82, 2.24) is 0 Å². The van der Waals surface area contributed by atoms with E-state index < -0.39 is 6.10 Å². The number of esters is 3. The second-order valence-electron chi connectivity index (χ2n) is 16.4. The lowest BCUT2D eigenvalue weighted by Crippen LogP contribution is -2.30. The Morgan fingerprint density at radius 2 is 0.731 bits per heavy atom. The molecule has 0 saturated carbocycles. The van der Waals surface area contributed by atoms with Gasteiger partial charge in [-0.3, -0.25) is 14.4 Å². The highest BCUT2D eigenvalue weighted by molar-refractivity contribution is 5.71. The predicted octanol–water partition coefficient (Wildman–Crippen LogP) is 14.2. The molecule has 52 heavy (non-hydrogen) atoms. The van der Waals surface area contributed by atoms with Crippen LogP contribution in [0.3, 0.4) is 0 Å². The average Bonchev–Trinajstić information content (AvgIpc) is 3.12. The summed E-state index contributed by atoms with van der Waals surface area (Å²) < 4.78 is 16.6. The second-order valence-corrected chi connectivity index (χ2v) is 16.4. The molecule has 6 heteroatoms. The molecule has 0 N–H and O–H groups in total. The van der Waals surface area contributed by atoms with Gasteiger partial charge >= 0.3 is 17.9 Å². The standard InChI is InChI=1S/C46H88O6/c1-6-8-9-24-31-36-44(47)50-39-43(40-51-45(48)37-32-27-22-18-15-14-17-21-26-30-35-42(5)7-2)52-46(49)38-33-28-23-19-13-11-10-12-16-20-25-29-34-41(3)4/h41-43H,6-40H2,1-5H3/t42?,43-/m1/s1. The van der Waals surface area contributed by atoms with Crippen molar-refractivity contribution in [2.24, 2.45) is 11.8 Å². The summed E-state index contributed by atoms with van der Waals surface area (Å²) in [6.07, 6.45) is 36.8. The zero-order valence-electron chi connectivity index (χ0n) is 35.4. The molecule has 2 atom stereocenters. The first-order valence-electron chi connectivity index (χ1n) is 22.8. The Labute approximate surface area is 323 Å². The highest BCUT2D eigenvalue weighted by atomic mass is 16.6. The van der Waals surface area contributed by atoms with Crippen LogP contribution >= 0.6 is 0 Å². The molecule has 308 valence electrons. The number of hydrogen-bond acceptors (Lipinski definition) is 6. The Morgan fingerprint density at radius 1 is 0.404 bits per heavy atom. The maximum absolute atomic E-state index is 12.7. The summed E-state index contributed by atoms with van der Waals surface area (Å²) in [5, 5.41) is 0. The lowest BCUT2D eigenvalue weighted by molar-refractivity contribution is -0.167. The van der Waals surface area contributed by atoms with Gasteiger partial charge in [0.2, 0.25) is 0 Å². The zero-order valence-corrected chi connectivity index (χ0v) is 35.4. The van der Waals surface area contributed by atoms with Gasteiger partial charge in [0, 0.05) is 19.3 Å². The van der Waals surface area contributed by atoms with Gasteiger partial charge < -0.3 is 14.2 Å². The first-order chi connectivity index (χ1) is 25.3. The van der Waals surface area contributed by atoms with Crippen LogP contribution in [-0.2, 0) is 28.6 Å². The predicted molar refractivity (Wildman–Crippen MR) is 220 cm³/mol. The normalized spacial score (nSPS) is 12.6. The summed E-state index contributed by atoms with van der Waals surface area (Å²) in [5.41, 5.74) is 0. The number of rotatable bonds is 40. The third-order valence-electron chi connectivity index (χ3n) is 10.6. The summed E-state index contributed by atoms with van der Waals surface area (Å²) in [6.45, 7) is 11.3. The van der Waals surface area contributed by atoms with Gasteiger partial charge in [0.15, 0.2) is 6.10 Å². The van der Waals surface area contributed by atoms with Crippen LogP contribution in [-0.4, -0.2) is 37.2 Å². The number of carbonyl (C=O) groups excluding carboxylic acids is 3. The maximum Gasteiger partial charge on any atom is 0.306 e. The molecule has 0 aliphatic rings. The van der Waals surface area contributed by atoms with Crippen molar-refractivity contribution in [3.63, 3.8) is 0 Å². The van der Waals surface area contributed by atoms with Crippen LogP contribution in [0.25, 0.3) is 0 Å². The molecule has 0 saturated heterocycles. The first kappa shape index (κ1) is 50.4. The molecule has 0 rings (SSSR count). The number of ether oxygens (including phenoxy) is 3. The van der Waals surface area contributed by atoms with E-state index in [1.807, 2.05) is 0 Å². The maximum atomic E-state index is 12.7. The molecule has 0 heterocycles. The van der Waals surface area contributed by atoms with Crippen LogP contribution in [0.4, 0.5) is 0 Å². The Kier molecular flexibility index (Phi) is 37.9. The lowest BCUT2D eigenvalue weighted by atomic mass is 9.99. The van der Waals surface area contributed by atoms with Crippen LogP contribution in [0.5, 0.6) is 0 Å². The van der Waals surface area contributed by atoms with Crippen LogP contribution in [0.2, 0.25) is 0 Å². The molecule has 0 aliphatic carbocycles. The van der Waals surface area contributed by atoms with Crippen LogP contribution in [0.1, 0.15) is 247 Å². The van der Waals surface area contributed by atoms with Gasteiger partial charge in [-0.15, -0.1) is 0 Å². The van der Waals surface area contributed by atoms with E-state index in [0.717, 1.165) is 76.0 Å². The molecule has 0 fully saturated rings. The molecular formula is C46H88O6. The minimum Gasteiger partial charge on any atom is -0.462 e. The topological polar surface area (TPSA) is 78.9 Å². The van der Waals surface area contributed by atoms with Gasteiger partial charge in [0.1, 0.15) is 13.2 Å². The van der Waals surface area contributed by atoms with Crippen molar-refractivity contribution < 1.29 is 28.6 Å². The summed E-state index contributed by atoms with van der Waals surface area (Å²) in [6, 6.07) is 0. The molecule has 0 aromatic rings. The van der Waals surface area contributed by atoms with E-state index in [1.54, 1.807) is 0 Å². The van der Waals surface area contributed by atoms with Crippen molar-refractivity contribution in [2.45, 2.75) is 253 Å². The number of unbranched alkanes of at least 4 members (excludes halogenated alkanes) is 24. The highest BCUT2D eigenvalue weighted by Crippen LogP contribution is 2.17. The molecule has 0 aliphatic heterocycles. The number of carbonyl (C=O) groups is 3. The van der Waals surface area contributed by atoms with Crippen molar-refractivity contribution in [3.05, 3.63) is 0 Å². The van der Waals surface area contributed by atoms with Crippen molar-refractivity contribution in [3.8, 4) is 0 Å². The van der Waals surface area contributed by atoms with Gasteiger partial charge in [-0.1, -0.05) is 208 Å². The van der Waals surface area contributed by atoms with Gasteiger partial charge in [0.25, 0.3) is 0 Å². The zero-order chi connectivity index (χ0) is 38.3. The smallest absolute Gasteiger partial charge is 0.306 e. The fourth-order valence-corrected chi connectivity index (χ4v) is 6.72. The van der Waals surface area contributed by atoms with Crippen LogP contribution < -0.4 is 0 Å². The summed E-state index contributed by atoms with van der Waals surface area (Å²) in [7, 11) is 0. The van der Waals surface area contributed by atoms with E-state index in [4.69, 9.17) is 14.2 Å². The van der Waals surface area contributed by atoms with Crippen molar-refractivity contribution in [2.75, 3.05) is 13.2 Å². The minimum atomic E-state index is -0.759. The lowest BCUT2D eigenvalue weighted by Gasteiger charge is -2.18. The van der Waals surface area contributed by atoms with Crippen molar-refractivity contribution in [1.29, 1.82) is 0 Å². The van der Waals surface area contributed by atoms with Gasteiger partial charge in [-0.2, -0.15) is 0 Å². The Hall–Kier alpha value is -1.59. The van der Waals surface area contributed by atoms with E-state index in [1.165, 1.54) is 128 Å². The fraction of sp³-hybridized carbons (Fsp3) is 0.935. The molecule has 0 amide bonds. The molecular weight excluding hydrogens is 649 g/mol. The molecule has 0 spiro atoms. The Bertz CT molecular complexity index is 796.